The fraction of sp³-hybridized carbons (Fsp3) is 0.160. The lowest BCUT2D eigenvalue weighted by Gasteiger charge is -2.15. The van der Waals surface area contributed by atoms with Gasteiger partial charge in [-0.3, -0.25) is 9.59 Å². The molecule has 2 atom stereocenters. The number of hydrogen-bond acceptors (Lipinski definition) is 2. The van der Waals surface area contributed by atoms with Crippen molar-refractivity contribution >= 4 is 18.0 Å². The molecule has 0 saturated carbocycles. The van der Waals surface area contributed by atoms with Gasteiger partial charge in [-0.05, 0) is 37.6 Å². The van der Waals surface area contributed by atoms with E-state index in [9.17, 15) is 9.59 Å². The molecule has 5 nitrogen and oxygen atoms in total. The van der Waals surface area contributed by atoms with Crippen LogP contribution in [0.15, 0.2) is 78.9 Å². The molecular weight excluding hydrogens is 374 g/mol. The normalized spacial score (nSPS) is 19.5. The Hall–Kier alpha value is -3.73. The van der Waals surface area contributed by atoms with Gasteiger partial charge in [0.2, 0.25) is 12.3 Å². The molecule has 0 unspecified atom stereocenters. The molecule has 1 fully saturated rings. The van der Waals surface area contributed by atoms with Gasteiger partial charge in [-0.25, -0.2) is 0 Å². The van der Waals surface area contributed by atoms with Crippen molar-refractivity contribution < 1.29 is 14.3 Å². The number of amides is 2. The molecule has 5 heteroatoms. The molecule has 1 saturated heterocycles. The lowest BCUT2D eigenvalue weighted by atomic mass is 9.98. The highest BCUT2D eigenvalue weighted by atomic mass is 16.2. The minimum absolute atomic E-state index is 0.241. The summed E-state index contributed by atoms with van der Waals surface area (Å²) in [4.78, 5) is 25.7. The maximum atomic E-state index is 12.9. The Labute approximate surface area is 176 Å². The van der Waals surface area contributed by atoms with E-state index < -0.39 is 6.04 Å². The Balaban J connectivity index is 1.73. The molecule has 3 aromatic carbocycles. The topological polar surface area (TPSA) is 61.2 Å². The third-order valence-corrected chi connectivity index (χ3v) is 5.35. The number of rotatable bonds is 4. The molecule has 0 aromatic heterocycles. The Morgan fingerprint density at radius 2 is 1.60 bits per heavy atom. The first-order valence-corrected chi connectivity index (χ1v) is 9.95. The van der Waals surface area contributed by atoms with Crippen molar-refractivity contribution in [1.82, 2.24) is 10.7 Å². The average Bonchev–Trinajstić information content (AvgIpc) is 3.05. The van der Waals surface area contributed by atoms with Crippen molar-refractivity contribution in [3.63, 3.8) is 0 Å². The first kappa shape index (κ1) is 19.6. The molecule has 1 aliphatic rings. The molecule has 0 spiro atoms. The summed E-state index contributed by atoms with van der Waals surface area (Å²) < 4.78 is 1.80. The number of hydrogen-bond donors (Lipinski definition) is 2. The SMILES string of the molecule is Cc1ccc([C@H]2[C@@H](NC(=O)c3ccccc3)C(=O)N/[N+]2=C\c2ccccc2C)cc1. The fourth-order valence-corrected chi connectivity index (χ4v) is 3.64. The average molecular weight is 398 g/mol. The largest absolute Gasteiger partial charge is 0.334 e. The van der Waals surface area contributed by atoms with Crippen LogP contribution in [0, 0.1) is 13.8 Å². The van der Waals surface area contributed by atoms with Crippen molar-refractivity contribution in [3.8, 4) is 0 Å². The second-order valence-corrected chi connectivity index (χ2v) is 7.54. The van der Waals surface area contributed by atoms with Crippen LogP contribution in [0.25, 0.3) is 0 Å². The summed E-state index contributed by atoms with van der Waals surface area (Å²) in [6.07, 6.45) is 1.92. The van der Waals surface area contributed by atoms with Gasteiger partial charge >= 0.3 is 5.91 Å². The molecule has 1 aliphatic heterocycles. The molecule has 1 heterocycles. The number of carbonyl (C=O) groups excluding carboxylic acids is 2. The van der Waals surface area contributed by atoms with E-state index in [2.05, 4.69) is 10.7 Å². The number of hydrazone groups is 1. The quantitative estimate of drug-likeness (QED) is 0.663. The van der Waals surface area contributed by atoms with Crippen molar-refractivity contribution in [2.24, 2.45) is 0 Å². The number of nitrogens with zero attached hydrogens (tertiary/aromatic N) is 1. The second-order valence-electron chi connectivity index (χ2n) is 7.54. The Morgan fingerprint density at radius 3 is 2.30 bits per heavy atom. The molecule has 0 radical (unpaired) electrons. The summed E-state index contributed by atoms with van der Waals surface area (Å²) in [5, 5.41) is 2.93. The van der Waals surface area contributed by atoms with Gasteiger partial charge in [0.05, 0.1) is 0 Å². The standard InChI is InChI=1S/C25H23N3O2/c1-17-12-14-19(15-13-17)23-22(26-24(29)20-9-4-3-5-10-20)25(30)27-28(23)16-21-11-7-6-8-18(21)2/h3-16,22-23H,1-2H3,(H-,26,27,29,30)/p+1/b28-16-/t22-,23+/m1/s1. The van der Waals surface area contributed by atoms with Crippen molar-refractivity contribution in [2.45, 2.75) is 25.9 Å². The smallest absolute Gasteiger partial charge is 0.304 e. The molecule has 4 rings (SSSR count). The van der Waals surface area contributed by atoms with Crippen molar-refractivity contribution in [2.75, 3.05) is 0 Å². The Bertz CT molecular complexity index is 1100. The van der Waals surface area contributed by atoms with E-state index in [0.29, 0.717) is 5.56 Å². The van der Waals surface area contributed by atoms with Gasteiger partial charge in [-0.15, -0.1) is 10.1 Å². The summed E-state index contributed by atoms with van der Waals surface area (Å²) in [6.45, 7) is 4.05. The third-order valence-electron chi connectivity index (χ3n) is 5.35. The van der Waals surface area contributed by atoms with Gasteiger partial charge in [0.1, 0.15) is 0 Å². The van der Waals surface area contributed by atoms with Crippen LogP contribution >= 0.6 is 0 Å². The van der Waals surface area contributed by atoms with E-state index >= 15 is 0 Å². The summed E-state index contributed by atoms with van der Waals surface area (Å²) >= 11 is 0. The first-order chi connectivity index (χ1) is 14.5. The molecule has 30 heavy (non-hydrogen) atoms. The molecule has 150 valence electrons. The Kier molecular flexibility index (Phi) is 5.44. The molecular formula is C25H24N3O2+. The highest BCUT2D eigenvalue weighted by molar-refractivity contribution is 5.98. The minimum Gasteiger partial charge on any atom is -0.334 e. The maximum absolute atomic E-state index is 12.9. The van der Waals surface area contributed by atoms with Gasteiger partial charge in [-0.2, -0.15) is 0 Å². The zero-order valence-electron chi connectivity index (χ0n) is 17.0. The van der Waals surface area contributed by atoms with Crippen LogP contribution in [0.1, 0.15) is 38.7 Å². The van der Waals surface area contributed by atoms with E-state index in [1.54, 1.807) is 28.9 Å². The van der Waals surface area contributed by atoms with Gasteiger partial charge in [0.15, 0.2) is 6.04 Å². The van der Waals surface area contributed by atoms with Crippen LogP contribution in [0.3, 0.4) is 0 Å². The van der Waals surface area contributed by atoms with Crippen LogP contribution in [0.2, 0.25) is 0 Å². The highest BCUT2D eigenvalue weighted by Crippen LogP contribution is 2.26. The zero-order chi connectivity index (χ0) is 21.1. The number of aryl methyl sites for hydroxylation is 2. The number of carbonyl (C=O) groups is 2. The highest BCUT2D eigenvalue weighted by Gasteiger charge is 2.47. The molecule has 0 aliphatic carbocycles. The van der Waals surface area contributed by atoms with E-state index in [0.717, 1.165) is 22.3 Å². The van der Waals surface area contributed by atoms with E-state index in [1.165, 1.54) is 0 Å². The predicted octanol–water partition coefficient (Wildman–Crippen LogP) is 3.32. The second kappa shape index (κ2) is 8.33. The summed E-state index contributed by atoms with van der Waals surface area (Å²) in [5.74, 6) is -0.514. The molecule has 2 amide bonds. The predicted molar refractivity (Wildman–Crippen MR) is 116 cm³/mol. The number of benzene rings is 3. The third kappa shape index (κ3) is 4.01. The van der Waals surface area contributed by atoms with Gasteiger partial charge in [0.25, 0.3) is 5.91 Å². The van der Waals surface area contributed by atoms with Crippen LogP contribution in [-0.4, -0.2) is 28.8 Å². The van der Waals surface area contributed by atoms with E-state index in [1.807, 2.05) is 74.7 Å². The minimum atomic E-state index is -0.722. The summed E-state index contributed by atoms with van der Waals surface area (Å²) in [7, 11) is 0. The Morgan fingerprint density at radius 1 is 0.933 bits per heavy atom. The van der Waals surface area contributed by atoms with Crippen molar-refractivity contribution in [3.05, 3.63) is 107 Å². The van der Waals surface area contributed by atoms with Crippen LogP contribution in [-0.2, 0) is 4.79 Å². The first-order valence-electron chi connectivity index (χ1n) is 9.95. The van der Waals surface area contributed by atoms with Gasteiger partial charge in [-0.1, -0.05) is 66.2 Å². The maximum Gasteiger partial charge on any atom is 0.304 e. The summed E-state index contributed by atoms with van der Waals surface area (Å²) in [6, 6.07) is 23.9. The molecule has 0 bridgehead atoms. The number of hydrazine groups is 1. The molecule has 3 aromatic rings. The van der Waals surface area contributed by atoms with E-state index in [-0.39, 0.29) is 17.9 Å². The molecule has 2 N–H and O–H groups in total. The van der Waals surface area contributed by atoms with Gasteiger partial charge < -0.3 is 5.32 Å². The summed E-state index contributed by atoms with van der Waals surface area (Å²) in [5.41, 5.74) is 7.63. The monoisotopic (exact) mass is 398 g/mol. The lowest BCUT2D eigenvalue weighted by Crippen LogP contribution is -2.42. The van der Waals surface area contributed by atoms with Crippen LogP contribution in [0.5, 0.6) is 0 Å². The van der Waals surface area contributed by atoms with E-state index in [4.69, 9.17) is 0 Å². The van der Waals surface area contributed by atoms with Crippen LogP contribution in [0.4, 0.5) is 0 Å². The zero-order valence-corrected chi connectivity index (χ0v) is 17.0. The van der Waals surface area contributed by atoms with Crippen molar-refractivity contribution in [1.29, 1.82) is 0 Å². The lowest BCUT2D eigenvalue weighted by molar-refractivity contribution is -0.596. The van der Waals surface area contributed by atoms with Crippen LogP contribution < -0.4 is 10.7 Å². The fourth-order valence-electron chi connectivity index (χ4n) is 3.64. The number of nitrogens with one attached hydrogen (secondary N) is 2. The van der Waals surface area contributed by atoms with Gasteiger partial charge in [0, 0.05) is 16.7 Å².